The maximum absolute atomic E-state index is 11.8. The Bertz CT molecular complexity index is 702. The van der Waals surface area contributed by atoms with Gasteiger partial charge in [0.1, 0.15) is 11.8 Å². The molecule has 126 valence electrons. The van der Waals surface area contributed by atoms with Gasteiger partial charge < -0.3 is 20.9 Å². The molecule has 7 heteroatoms. The van der Waals surface area contributed by atoms with Gasteiger partial charge in [-0.25, -0.2) is 0 Å². The van der Waals surface area contributed by atoms with Gasteiger partial charge in [0, 0.05) is 9.26 Å². The number of carbonyl (C=O) groups excluding carboxylic acids is 1. The molecule has 0 saturated carbocycles. The SMILES string of the molecule is N[C@@H](Cc1ccc(OCC(=O)Nc2ccc(I)cc2)cc1)C(=O)O. The number of aliphatic carboxylic acids is 1. The Hall–Kier alpha value is -2.13. The van der Waals surface area contributed by atoms with Crippen molar-refractivity contribution in [2.45, 2.75) is 12.5 Å². The summed E-state index contributed by atoms with van der Waals surface area (Å²) in [6.07, 6.45) is 0.239. The van der Waals surface area contributed by atoms with Crippen molar-refractivity contribution in [3.05, 3.63) is 57.7 Å². The van der Waals surface area contributed by atoms with Crippen LogP contribution in [-0.2, 0) is 16.0 Å². The van der Waals surface area contributed by atoms with Gasteiger partial charge in [0.05, 0.1) is 0 Å². The Morgan fingerprint density at radius 1 is 1.12 bits per heavy atom. The molecule has 0 spiro atoms. The lowest BCUT2D eigenvalue weighted by Gasteiger charge is -2.09. The van der Waals surface area contributed by atoms with Crippen LogP contribution in [0, 0.1) is 3.57 Å². The van der Waals surface area contributed by atoms with E-state index in [1.165, 1.54) is 0 Å². The van der Waals surface area contributed by atoms with E-state index >= 15 is 0 Å². The number of benzene rings is 2. The molecule has 2 aromatic carbocycles. The van der Waals surface area contributed by atoms with Crippen molar-refractivity contribution >= 4 is 40.2 Å². The molecule has 0 heterocycles. The summed E-state index contributed by atoms with van der Waals surface area (Å²) in [5.41, 5.74) is 6.99. The van der Waals surface area contributed by atoms with Gasteiger partial charge in [-0.2, -0.15) is 0 Å². The minimum absolute atomic E-state index is 0.111. The van der Waals surface area contributed by atoms with Crippen molar-refractivity contribution in [2.24, 2.45) is 5.73 Å². The minimum atomic E-state index is -1.04. The van der Waals surface area contributed by atoms with Crippen LogP contribution in [0.2, 0.25) is 0 Å². The summed E-state index contributed by atoms with van der Waals surface area (Å²) >= 11 is 2.19. The second kappa shape index (κ2) is 8.65. The highest BCUT2D eigenvalue weighted by molar-refractivity contribution is 14.1. The Balaban J connectivity index is 1.82. The first-order chi connectivity index (χ1) is 11.4. The number of ether oxygens (including phenoxy) is 1. The summed E-state index contributed by atoms with van der Waals surface area (Å²) in [5.74, 6) is -0.767. The molecular weight excluding hydrogens is 423 g/mol. The lowest BCUT2D eigenvalue weighted by Crippen LogP contribution is -2.32. The first-order valence-electron chi connectivity index (χ1n) is 7.19. The monoisotopic (exact) mass is 440 g/mol. The summed E-state index contributed by atoms with van der Waals surface area (Å²) in [6.45, 7) is -0.111. The average molecular weight is 440 g/mol. The summed E-state index contributed by atoms with van der Waals surface area (Å²) in [7, 11) is 0. The number of carboxylic acids is 1. The molecule has 0 saturated heterocycles. The number of nitrogens with one attached hydrogen (secondary N) is 1. The first kappa shape index (κ1) is 18.2. The van der Waals surface area contributed by atoms with Gasteiger partial charge in [-0.15, -0.1) is 0 Å². The van der Waals surface area contributed by atoms with Gasteiger partial charge in [-0.05, 0) is 71.0 Å². The minimum Gasteiger partial charge on any atom is -0.484 e. The topological polar surface area (TPSA) is 102 Å². The van der Waals surface area contributed by atoms with Crippen LogP contribution in [0.25, 0.3) is 0 Å². The Labute approximate surface area is 153 Å². The van der Waals surface area contributed by atoms with Crippen LogP contribution in [0.4, 0.5) is 5.69 Å². The molecule has 0 radical (unpaired) electrons. The molecule has 0 bridgehead atoms. The zero-order chi connectivity index (χ0) is 17.5. The van der Waals surface area contributed by atoms with E-state index in [4.69, 9.17) is 15.6 Å². The van der Waals surface area contributed by atoms with Gasteiger partial charge in [-0.3, -0.25) is 9.59 Å². The molecule has 1 amide bonds. The third-order valence-electron chi connectivity index (χ3n) is 3.19. The fraction of sp³-hybridized carbons (Fsp3) is 0.176. The van der Waals surface area contributed by atoms with Crippen LogP contribution >= 0.6 is 22.6 Å². The van der Waals surface area contributed by atoms with E-state index in [1.54, 1.807) is 24.3 Å². The van der Waals surface area contributed by atoms with Gasteiger partial charge in [-0.1, -0.05) is 12.1 Å². The lowest BCUT2D eigenvalue weighted by atomic mass is 10.1. The highest BCUT2D eigenvalue weighted by Crippen LogP contribution is 2.14. The number of hydrogen-bond donors (Lipinski definition) is 3. The van der Waals surface area contributed by atoms with Crippen molar-refractivity contribution in [3.63, 3.8) is 0 Å². The van der Waals surface area contributed by atoms with E-state index in [0.717, 1.165) is 9.13 Å². The van der Waals surface area contributed by atoms with E-state index in [0.29, 0.717) is 11.4 Å². The number of anilines is 1. The maximum Gasteiger partial charge on any atom is 0.320 e. The second-order valence-corrected chi connectivity index (χ2v) is 6.38. The van der Waals surface area contributed by atoms with Gasteiger partial charge in [0.2, 0.25) is 0 Å². The average Bonchev–Trinajstić information content (AvgIpc) is 2.56. The van der Waals surface area contributed by atoms with Crippen molar-refractivity contribution < 1.29 is 19.4 Å². The van der Waals surface area contributed by atoms with Crippen LogP contribution in [0.1, 0.15) is 5.56 Å². The third kappa shape index (κ3) is 5.82. The molecule has 0 aromatic heterocycles. The van der Waals surface area contributed by atoms with Crippen LogP contribution < -0.4 is 15.8 Å². The molecular formula is C17H17IN2O4. The number of amides is 1. The molecule has 0 aliphatic carbocycles. The number of nitrogens with two attached hydrogens (primary N) is 1. The third-order valence-corrected chi connectivity index (χ3v) is 3.91. The molecule has 6 nitrogen and oxygen atoms in total. The molecule has 4 N–H and O–H groups in total. The summed E-state index contributed by atoms with van der Waals surface area (Å²) in [4.78, 5) is 22.6. The zero-order valence-electron chi connectivity index (χ0n) is 12.7. The van der Waals surface area contributed by atoms with Crippen molar-refractivity contribution in [3.8, 4) is 5.75 Å². The van der Waals surface area contributed by atoms with Crippen LogP contribution in [0.3, 0.4) is 0 Å². The smallest absolute Gasteiger partial charge is 0.320 e. The molecule has 0 unspecified atom stereocenters. The number of rotatable bonds is 7. The van der Waals surface area contributed by atoms with Gasteiger partial charge in [0.15, 0.2) is 6.61 Å². The molecule has 2 rings (SSSR count). The van der Waals surface area contributed by atoms with E-state index in [1.807, 2.05) is 24.3 Å². The summed E-state index contributed by atoms with van der Waals surface area (Å²) in [5, 5.41) is 11.5. The number of halogens is 1. The Morgan fingerprint density at radius 3 is 2.33 bits per heavy atom. The second-order valence-electron chi connectivity index (χ2n) is 5.14. The predicted molar refractivity (Wildman–Crippen MR) is 99.0 cm³/mol. The van der Waals surface area contributed by atoms with Crippen LogP contribution in [0.5, 0.6) is 5.75 Å². The molecule has 24 heavy (non-hydrogen) atoms. The molecule has 1 atom stereocenters. The molecule has 0 fully saturated rings. The Kier molecular flexibility index (Phi) is 6.56. The number of carbonyl (C=O) groups is 2. The Morgan fingerprint density at radius 2 is 1.75 bits per heavy atom. The van der Waals surface area contributed by atoms with Crippen LogP contribution in [-0.4, -0.2) is 29.6 Å². The van der Waals surface area contributed by atoms with Crippen molar-refractivity contribution in [1.29, 1.82) is 0 Å². The normalized spacial score (nSPS) is 11.6. The summed E-state index contributed by atoms with van der Waals surface area (Å²) in [6, 6.07) is 13.3. The maximum atomic E-state index is 11.8. The lowest BCUT2D eigenvalue weighted by molar-refractivity contribution is -0.138. The molecule has 0 aliphatic rings. The summed E-state index contributed by atoms with van der Waals surface area (Å²) < 4.78 is 6.50. The molecule has 2 aromatic rings. The fourth-order valence-electron chi connectivity index (χ4n) is 1.94. The standard InChI is InChI=1S/C17H17IN2O4/c18-12-3-5-13(6-4-12)20-16(21)10-24-14-7-1-11(2-8-14)9-15(19)17(22)23/h1-8,15H,9-10,19H2,(H,20,21)(H,22,23)/t15-/m0/s1. The quantitative estimate of drug-likeness (QED) is 0.574. The largest absolute Gasteiger partial charge is 0.484 e. The van der Waals surface area contributed by atoms with E-state index < -0.39 is 12.0 Å². The van der Waals surface area contributed by atoms with Gasteiger partial charge >= 0.3 is 5.97 Å². The highest BCUT2D eigenvalue weighted by atomic mass is 127. The fourth-order valence-corrected chi connectivity index (χ4v) is 2.30. The zero-order valence-corrected chi connectivity index (χ0v) is 14.9. The number of hydrogen-bond acceptors (Lipinski definition) is 4. The van der Waals surface area contributed by atoms with E-state index in [9.17, 15) is 9.59 Å². The van der Waals surface area contributed by atoms with E-state index in [-0.39, 0.29) is 18.9 Å². The van der Waals surface area contributed by atoms with Crippen molar-refractivity contribution in [1.82, 2.24) is 0 Å². The first-order valence-corrected chi connectivity index (χ1v) is 8.27. The van der Waals surface area contributed by atoms with Crippen molar-refractivity contribution in [2.75, 3.05) is 11.9 Å². The van der Waals surface area contributed by atoms with Crippen LogP contribution in [0.15, 0.2) is 48.5 Å². The van der Waals surface area contributed by atoms with E-state index in [2.05, 4.69) is 27.9 Å². The number of carboxylic acid groups (broad SMARTS) is 1. The molecule has 0 aliphatic heterocycles. The van der Waals surface area contributed by atoms with Gasteiger partial charge in [0.25, 0.3) is 5.91 Å². The predicted octanol–water partition coefficient (Wildman–Crippen LogP) is 2.26. The highest BCUT2D eigenvalue weighted by Gasteiger charge is 2.12.